The molecular formula is C16H24NO3. The third kappa shape index (κ3) is 5.04. The van der Waals surface area contributed by atoms with E-state index < -0.39 is 24.2 Å². The molecule has 4 N–H and O–H groups in total. The topological polar surface area (TPSA) is 83.6 Å². The Morgan fingerprint density at radius 1 is 1.15 bits per heavy atom. The van der Waals surface area contributed by atoms with Gasteiger partial charge in [0.2, 0.25) is 6.29 Å². The average molecular weight is 278 g/mol. The van der Waals surface area contributed by atoms with Crippen LogP contribution < -0.4 is 5.73 Å². The second kappa shape index (κ2) is 8.15. The number of aliphatic hydroxyl groups excluding tert-OH is 2. The first-order valence-electron chi connectivity index (χ1n) is 6.99. The molecule has 0 amide bonds. The molecule has 0 spiro atoms. The largest absolute Gasteiger partial charge is 0.390 e. The van der Waals surface area contributed by atoms with Crippen LogP contribution in [-0.4, -0.2) is 34.7 Å². The minimum Gasteiger partial charge on any atom is -0.390 e. The molecule has 111 valence electrons. The Kier molecular flexibility index (Phi) is 6.85. The highest BCUT2D eigenvalue weighted by Crippen LogP contribution is 2.17. The van der Waals surface area contributed by atoms with Gasteiger partial charge in [-0.3, -0.25) is 4.79 Å². The van der Waals surface area contributed by atoms with Crippen molar-refractivity contribution in [3.8, 4) is 0 Å². The number of benzene rings is 1. The van der Waals surface area contributed by atoms with Gasteiger partial charge in [-0.2, -0.15) is 0 Å². The van der Waals surface area contributed by atoms with Gasteiger partial charge < -0.3 is 15.9 Å². The Labute approximate surface area is 120 Å². The van der Waals surface area contributed by atoms with E-state index >= 15 is 0 Å². The maximum Gasteiger partial charge on any atom is 0.204 e. The van der Waals surface area contributed by atoms with Crippen LogP contribution >= 0.6 is 0 Å². The number of rotatable bonds is 8. The first-order chi connectivity index (χ1) is 9.45. The molecule has 0 aliphatic carbocycles. The Morgan fingerprint density at radius 2 is 1.75 bits per heavy atom. The lowest BCUT2D eigenvalue weighted by Crippen LogP contribution is -2.47. The van der Waals surface area contributed by atoms with Crippen molar-refractivity contribution in [1.29, 1.82) is 0 Å². The van der Waals surface area contributed by atoms with Crippen molar-refractivity contribution in [3.63, 3.8) is 0 Å². The molecule has 4 nitrogen and oxygen atoms in total. The molecule has 20 heavy (non-hydrogen) atoms. The molecule has 0 unspecified atom stereocenters. The van der Waals surface area contributed by atoms with E-state index in [1.807, 2.05) is 50.5 Å². The molecular weight excluding hydrogens is 254 g/mol. The summed E-state index contributed by atoms with van der Waals surface area (Å²) in [5, 5.41) is 20.2. The van der Waals surface area contributed by atoms with Gasteiger partial charge in [-0.15, -0.1) is 0 Å². The zero-order valence-corrected chi connectivity index (χ0v) is 12.1. The van der Waals surface area contributed by atoms with Crippen LogP contribution in [0.4, 0.5) is 0 Å². The number of aliphatic hydroxyl groups is 2. The molecule has 0 heterocycles. The van der Waals surface area contributed by atoms with Crippen LogP contribution in [0.2, 0.25) is 0 Å². The number of hydrogen-bond donors (Lipinski definition) is 3. The van der Waals surface area contributed by atoms with Gasteiger partial charge in [-0.05, 0) is 24.3 Å². The summed E-state index contributed by atoms with van der Waals surface area (Å²) in [6, 6.07) is 8.81. The van der Waals surface area contributed by atoms with Crippen molar-refractivity contribution in [2.75, 3.05) is 0 Å². The molecule has 1 aromatic rings. The van der Waals surface area contributed by atoms with Crippen molar-refractivity contribution in [1.82, 2.24) is 0 Å². The molecule has 0 saturated heterocycles. The monoisotopic (exact) mass is 278 g/mol. The van der Waals surface area contributed by atoms with E-state index in [1.54, 1.807) is 0 Å². The van der Waals surface area contributed by atoms with Crippen LogP contribution in [-0.2, 0) is 11.2 Å². The van der Waals surface area contributed by atoms with Gasteiger partial charge in [0, 0.05) is 6.04 Å². The van der Waals surface area contributed by atoms with E-state index in [0.717, 1.165) is 5.56 Å². The lowest BCUT2D eigenvalue weighted by molar-refractivity contribution is -0.0180. The van der Waals surface area contributed by atoms with E-state index in [4.69, 9.17) is 5.73 Å². The summed E-state index contributed by atoms with van der Waals surface area (Å²) in [5.41, 5.74) is 6.79. The summed E-state index contributed by atoms with van der Waals surface area (Å²) in [4.78, 5) is 11.1. The van der Waals surface area contributed by atoms with Gasteiger partial charge in [0.05, 0.1) is 18.1 Å². The molecule has 0 aromatic heterocycles. The van der Waals surface area contributed by atoms with Crippen LogP contribution in [0.15, 0.2) is 30.3 Å². The Hall–Kier alpha value is -1.23. The van der Waals surface area contributed by atoms with Crippen LogP contribution in [0, 0.1) is 11.8 Å². The van der Waals surface area contributed by atoms with Crippen molar-refractivity contribution >= 4 is 6.29 Å². The van der Waals surface area contributed by atoms with Crippen molar-refractivity contribution < 1.29 is 15.0 Å². The summed E-state index contributed by atoms with van der Waals surface area (Å²) < 4.78 is 0. The van der Waals surface area contributed by atoms with Crippen molar-refractivity contribution in [2.45, 2.75) is 44.9 Å². The normalized spacial score (nSPS) is 17.5. The van der Waals surface area contributed by atoms with Gasteiger partial charge in [-0.1, -0.05) is 44.2 Å². The van der Waals surface area contributed by atoms with Crippen LogP contribution in [0.5, 0.6) is 0 Å². The lowest BCUT2D eigenvalue weighted by atomic mass is 9.87. The minimum absolute atomic E-state index is 0.319. The predicted octanol–water partition coefficient (Wildman–Crippen LogP) is 1.05. The van der Waals surface area contributed by atoms with Crippen LogP contribution in [0.25, 0.3) is 0 Å². The molecule has 0 fully saturated rings. The standard InChI is InChI=1S/C16H24NO3/c1-11(2)8-14(17)16(20)15(19)13(10-18)9-12-6-4-3-5-7-12/h3-7,11,13-16,19-20H,8-9,17H2,1-2H3/t13-,14+,15-,16-/m1/s1. The van der Waals surface area contributed by atoms with Crippen molar-refractivity contribution in [3.05, 3.63) is 35.9 Å². The highest BCUT2D eigenvalue weighted by Gasteiger charge is 2.31. The number of hydrogen-bond acceptors (Lipinski definition) is 4. The Morgan fingerprint density at radius 3 is 2.25 bits per heavy atom. The third-order valence-electron chi connectivity index (χ3n) is 3.39. The highest BCUT2D eigenvalue weighted by atomic mass is 16.3. The molecule has 0 aliphatic heterocycles. The fourth-order valence-corrected chi connectivity index (χ4v) is 2.28. The molecule has 1 aromatic carbocycles. The zero-order chi connectivity index (χ0) is 15.1. The van der Waals surface area contributed by atoms with E-state index in [-0.39, 0.29) is 0 Å². The lowest BCUT2D eigenvalue weighted by Gasteiger charge is -2.28. The second-order valence-corrected chi connectivity index (χ2v) is 5.69. The molecule has 4 heteroatoms. The maximum atomic E-state index is 11.1. The van der Waals surface area contributed by atoms with Crippen molar-refractivity contribution in [2.24, 2.45) is 17.6 Å². The summed E-state index contributed by atoms with van der Waals surface area (Å²) in [5.74, 6) is -0.453. The van der Waals surface area contributed by atoms with E-state index in [1.165, 1.54) is 0 Å². The fraction of sp³-hybridized carbons (Fsp3) is 0.562. The fourth-order valence-electron chi connectivity index (χ4n) is 2.28. The molecule has 0 saturated carbocycles. The molecule has 4 atom stereocenters. The highest BCUT2D eigenvalue weighted by molar-refractivity contribution is 5.56. The number of nitrogens with two attached hydrogens (primary N) is 1. The van der Waals surface area contributed by atoms with Gasteiger partial charge in [0.15, 0.2) is 0 Å². The summed E-state index contributed by atoms with van der Waals surface area (Å²) >= 11 is 0. The molecule has 0 aliphatic rings. The van der Waals surface area contributed by atoms with E-state index in [0.29, 0.717) is 18.8 Å². The van der Waals surface area contributed by atoms with Crippen LogP contribution in [0.3, 0.4) is 0 Å². The maximum absolute atomic E-state index is 11.1. The zero-order valence-electron chi connectivity index (χ0n) is 12.1. The minimum atomic E-state index is -1.19. The van der Waals surface area contributed by atoms with Gasteiger partial charge in [0.1, 0.15) is 0 Å². The Balaban J connectivity index is 2.66. The first-order valence-corrected chi connectivity index (χ1v) is 6.99. The number of carbonyl (C=O) groups excluding carboxylic acids is 1. The van der Waals surface area contributed by atoms with Gasteiger partial charge in [-0.25, -0.2) is 0 Å². The molecule has 1 rings (SSSR count). The van der Waals surface area contributed by atoms with E-state index in [9.17, 15) is 15.0 Å². The SMILES string of the molecule is CC(C)C[C@H](N)[C@@H](O)[C@H](O)[C@@H]([C]=O)Cc1ccccc1. The Bertz CT molecular complexity index is 394. The van der Waals surface area contributed by atoms with Gasteiger partial charge in [0.25, 0.3) is 0 Å². The second-order valence-electron chi connectivity index (χ2n) is 5.69. The predicted molar refractivity (Wildman–Crippen MR) is 78.8 cm³/mol. The quantitative estimate of drug-likeness (QED) is 0.663. The first kappa shape index (κ1) is 16.8. The summed E-state index contributed by atoms with van der Waals surface area (Å²) in [7, 11) is 0. The molecule has 0 bridgehead atoms. The average Bonchev–Trinajstić information content (AvgIpc) is 2.43. The summed E-state index contributed by atoms with van der Waals surface area (Å²) in [6.45, 7) is 3.98. The van der Waals surface area contributed by atoms with Crippen LogP contribution in [0.1, 0.15) is 25.8 Å². The van der Waals surface area contributed by atoms with Gasteiger partial charge >= 0.3 is 0 Å². The smallest absolute Gasteiger partial charge is 0.204 e. The third-order valence-corrected chi connectivity index (χ3v) is 3.39. The summed E-state index contributed by atoms with van der Waals surface area (Å²) in [6.07, 6.45) is 0.449. The molecule has 1 radical (unpaired) electrons. The van der Waals surface area contributed by atoms with E-state index in [2.05, 4.69) is 0 Å².